The van der Waals surface area contributed by atoms with Gasteiger partial charge in [-0.25, -0.2) is 8.42 Å². The molecule has 0 amide bonds. The molecule has 1 fully saturated rings. The monoisotopic (exact) mass is 315 g/mol. The zero-order chi connectivity index (χ0) is 14.8. The molecule has 1 heterocycles. The minimum Gasteiger partial charge on any atom is -0.392 e. The summed E-state index contributed by atoms with van der Waals surface area (Å²) in [7, 11) is -3.42. The number of hydrogen-bond acceptors (Lipinski definition) is 4. The summed E-state index contributed by atoms with van der Waals surface area (Å²) in [6, 6.07) is 6.46. The molecule has 0 radical (unpaired) electrons. The number of aliphatic hydroxyl groups excluding tert-OH is 1. The molecule has 0 spiro atoms. The van der Waals surface area contributed by atoms with Gasteiger partial charge in [0.25, 0.3) is 0 Å². The summed E-state index contributed by atoms with van der Waals surface area (Å²) in [5.74, 6) is 0.820. The average molecular weight is 315 g/mol. The third-order valence-electron chi connectivity index (χ3n) is 3.54. The van der Waals surface area contributed by atoms with Crippen molar-refractivity contribution >= 4 is 21.8 Å². The van der Waals surface area contributed by atoms with Gasteiger partial charge in [0, 0.05) is 23.6 Å². The lowest BCUT2D eigenvalue weighted by Crippen LogP contribution is -2.33. The average Bonchev–Trinajstić information content (AvgIpc) is 2.60. The first-order valence-electron chi connectivity index (χ1n) is 6.69. The van der Waals surface area contributed by atoms with Gasteiger partial charge >= 0.3 is 0 Å². The number of benzene rings is 1. The molecule has 1 aromatic rings. The maximum Gasteiger partial charge on any atom is 0.243 e. The Hall–Kier alpha value is -0.560. The zero-order valence-electron chi connectivity index (χ0n) is 11.9. The Bertz CT molecular complexity index is 552. The second-order valence-corrected chi connectivity index (χ2v) is 9.30. The van der Waals surface area contributed by atoms with Gasteiger partial charge in [-0.15, -0.1) is 0 Å². The van der Waals surface area contributed by atoms with Gasteiger partial charge in [-0.1, -0.05) is 26.0 Å². The highest BCUT2D eigenvalue weighted by molar-refractivity contribution is 8.00. The molecule has 0 unspecified atom stereocenters. The third kappa shape index (κ3) is 3.55. The second kappa shape index (κ2) is 6.05. The lowest BCUT2D eigenvalue weighted by molar-refractivity contribution is 0.281. The van der Waals surface area contributed by atoms with E-state index in [1.54, 1.807) is 28.6 Å². The smallest absolute Gasteiger partial charge is 0.243 e. The van der Waals surface area contributed by atoms with Crippen molar-refractivity contribution in [1.29, 1.82) is 0 Å². The van der Waals surface area contributed by atoms with Crippen molar-refractivity contribution in [3.8, 4) is 0 Å². The normalized spacial score (nSPS) is 20.6. The van der Waals surface area contributed by atoms with Crippen LogP contribution in [0, 0.1) is 0 Å². The Morgan fingerprint density at radius 2 is 1.90 bits per heavy atom. The predicted molar refractivity (Wildman–Crippen MR) is 82.3 cm³/mol. The van der Waals surface area contributed by atoms with E-state index in [9.17, 15) is 8.42 Å². The topological polar surface area (TPSA) is 57.6 Å². The van der Waals surface area contributed by atoms with Crippen LogP contribution >= 0.6 is 11.8 Å². The second-order valence-electron chi connectivity index (χ2n) is 5.56. The molecule has 1 aromatic carbocycles. The van der Waals surface area contributed by atoms with Crippen molar-refractivity contribution in [3.05, 3.63) is 29.8 Å². The first-order chi connectivity index (χ1) is 9.35. The molecule has 0 saturated carbocycles. The number of nitrogens with zero attached hydrogens (tertiary/aromatic N) is 1. The van der Waals surface area contributed by atoms with Crippen LogP contribution in [0.4, 0.5) is 0 Å². The van der Waals surface area contributed by atoms with Crippen LogP contribution in [0.3, 0.4) is 0 Å². The summed E-state index contributed by atoms with van der Waals surface area (Å²) in [4.78, 5) is 0.305. The molecule has 4 nitrogen and oxygen atoms in total. The molecule has 1 aliphatic heterocycles. The van der Waals surface area contributed by atoms with Crippen LogP contribution in [0.15, 0.2) is 29.2 Å². The van der Waals surface area contributed by atoms with Gasteiger partial charge < -0.3 is 5.11 Å². The van der Waals surface area contributed by atoms with E-state index in [2.05, 4.69) is 13.8 Å². The summed E-state index contributed by atoms with van der Waals surface area (Å²) < 4.78 is 26.9. The van der Waals surface area contributed by atoms with Crippen LogP contribution in [-0.4, -0.2) is 41.4 Å². The molecule has 20 heavy (non-hydrogen) atoms. The molecule has 6 heteroatoms. The summed E-state index contributed by atoms with van der Waals surface area (Å²) in [6.07, 6.45) is 0.853. The fourth-order valence-electron chi connectivity index (χ4n) is 2.16. The van der Waals surface area contributed by atoms with E-state index >= 15 is 0 Å². The molecule has 1 saturated heterocycles. The van der Waals surface area contributed by atoms with Crippen molar-refractivity contribution in [2.75, 3.05) is 18.8 Å². The molecule has 2 rings (SSSR count). The van der Waals surface area contributed by atoms with Gasteiger partial charge in [0.1, 0.15) is 0 Å². The van der Waals surface area contributed by atoms with Crippen molar-refractivity contribution in [2.45, 2.75) is 36.5 Å². The summed E-state index contributed by atoms with van der Waals surface area (Å²) in [5.41, 5.74) is 0.719. The lowest BCUT2D eigenvalue weighted by atomic mass is 10.1. The van der Waals surface area contributed by atoms with Crippen LogP contribution in [0.2, 0.25) is 0 Å². The van der Waals surface area contributed by atoms with Crippen molar-refractivity contribution in [2.24, 2.45) is 0 Å². The van der Waals surface area contributed by atoms with Gasteiger partial charge in [-0.2, -0.15) is 16.1 Å². The molecular weight excluding hydrogens is 294 g/mol. The standard InChI is InChI=1S/C14H21NO3S2/c1-14(2)7-8-15(9-10-19-14)20(17,18)13-5-3-12(11-16)4-6-13/h3-6,16H,7-11H2,1-2H3. The third-order valence-corrected chi connectivity index (χ3v) is 6.83. The highest BCUT2D eigenvalue weighted by Crippen LogP contribution is 2.32. The minimum atomic E-state index is -3.42. The Kier molecular flexibility index (Phi) is 4.79. The maximum atomic E-state index is 12.6. The molecule has 0 aromatic heterocycles. The summed E-state index contributed by atoms with van der Waals surface area (Å²) in [5, 5.41) is 9.01. The predicted octanol–water partition coefficient (Wildman–Crippen LogP) is 2.09. The SMILES string of the molecule is CC1(C)CCN(S(=O)(=O)c2ccc(CO)cc2)CCS1. The highest BCUT2D eigenvalue weighted by atomic mass is 32.2. The van der Waals surface area contributed by atoms with Crippen LogP contribution in [0.5, 0.6) is 0 Å². The Balaban J connectivity index is 2.20. The largest absolute Gasteiger partial charge is 0.392 e. The van der Waals surface area contributed by atoms with Crippen LogP contribution in [-0.2, 0) is 16.6 Å². The quantitative estimate of drug-likeness (QED) is 0.928. The maximum absolute atomic E-state index is 12.6. The van der Waals surface area contributed by atoms with E-state index in [0.29, 0.717) is 18.0 Å². The Labute approximate surface area is 125 Å². The minimum absolute atomic E-state index is 0.0745. The van der Waals surface area contributed by atoms with E-state index in [-0.39, 0.29) is 11.4 Å². The molecule has 1 aliphatic rings. The van der Waals surface area contributed by atoms with Crippen LogP contribution in [0.1, 0.15) is 25.8 Å². The molecule has 0 aliphatic carbocycles. The van der Waals surface area contributed by atoms with E-state index < -0.39 is 10.0 Å². The molecule has 112 valence electrons. The number of hydrogen-bond donors (Lipinski definition) is 1. The number of sulfonamides is 1. The van der Waals surface area contributed by atoms with Gasteiger partial charge in [0.15, 0.2) is 0 Å². The highest BCUT2D eigenvalue weighted by Gasteiger charge is 2.30. The fourth-order valence-corrected chi connectivity index (χ4v) is 4.81. The van der Waals surface area contributed by atoms with E-state index in [1.807, 2.05) is 11.8 Å². The van der Waals surface area contributed by atoms with Crippen LogP contribution < -0.4 is 0 Å². The summed E-state index contributed by atoms with van der Waals surface area (Å²) >= 11 is 1.82. The zero-order valence-corrected chi connectivity index (χ0v) is 13.5. The fraction of sp³-hybridized carbons (Fsp3) is 0.571. The lowest BCUT2D eigenvalue weighted by Gasteiger charge is -2.22. The van der Waals surface area contributed by atoms with E-state index in [1.165, 1.54) is 0 Å². The van der Waals surface area contributed by atoms with Gasteiger partial charge in [0.2, 0.25) is 10.0 Å². The van der Waals surface area contributed by atoms with Gasteiger partial charge in [-0.3, -0.25) is 0 Å². The molecular formula is C14H21NO3S2. The van der Waals surface area contributed by atoms with E-state index in [4.69, 9.17) is 5.11 Å². The van der Waals surface area contributed by atoms with E-state index in [0.717, 1.165) is 17.7 Å². The van der Waals surface area contributed by atoms with Crippen molar-refractivity contribution in [3.63, 3.8) is 0 Å². The van der Waals surface area contributed by atoms with Crippen molar-refractivity contribution in [1.82, 2.24) is 4.31 Å². The first kappa shape index (κ1) is 15.8. The van der Waals surface area contributed by atoms with Gasteiger partial charge in [0.05, 0.1) is 11.5 Å². The number of aliphatic hydroxyl groups is 1. The molecule has 1 N–H and O–H groups in total. The van der Waals surface area contributed by atoms with Gasteiger partial charge in [-0.05, 0) is 24.1 Å². The summed E-state index contributed by atoms with van der Waals surface area (Å²) in [6.45, 7) is 5.35. The molecule has 0 atom stereocenters. The van der Waals surface area contributed by atoms with Crippen LogP contribution in [0.25, 0.3) is 0 Å². The number of thioether (sulfide) groups is 1. The van der Waals surface area contributed by atoms with Crippen molar-refractivity contribution < 1.29 is 13.5 Å². The Morgan fingerprint density at radius 3 is 2.50 bits per heavy atom. The Morgan fingerprint density at radius 1 is 1.25 bits per heavy atom. The number of rotatable bonds is 3. The molecule has 0 bridgehead atoms. The first-order valence-corrected chi connectivity index (χ1v) is 9.12.